The Morgan fingerprint density at radius 1 is 0.796 bits per heavy atom. The maximum absolute atomic E-state index is 14.1. The number of anilines is 1. The number of benzene rings is 4. The molecule has 282 valence electrons. The number of carbonyl (C=O) groups excluding carboxylic acids is 3. The molecule has 2 aliphatic rings. The van der Waals surface area contributed by atoms with E-state index in [0.717, 1.165) is 35.1 Å². The minimum atomic E-state index is -3.67. The van der Waals surface area contributed by atoms with Crippen LogP contribution in [-0.4, -0.2) is 61.9 Å². The van der Waals surface area contributed by atoms with Crippen LogP contribution in [0.2, 0.25) is 0 Å². The van der Waals surface area contributed by atoms with Crippen LogP contribution in [0.5, 0.6) is 0 Å². The summed E-state index contributed by atoms with van der Waals surface area (Å²) in [4.78, 5) is 42.5. The summed E-state index contributed by atoms with van der Waals surface area (Å²) in [6, 6.07) is 33.6. The fourth-order valence-corrected chi connectivity index (χ4v) is 8.67. The molecule has 1 fully saturated rings. The zero-order valence-electron chi connectivity index (χ0n) is 31.0. The number of carbonyl (C=O) groups is 3. The van der Waals surface area contributed by atoms with E-state index in [1.54, 1.807) is 49.9 Å². The molecule has 1 saturated heterocycles. The molecule has 0 unspecified atom stereocenters. The second-order valence-corrected chi connectivity index (χ2v) is 16.6. The predicted molar refractivity (Wildman–Crippen MR) is 209 cm³/mol. The van der Waals surface area contributed by atoms with Crippen molar-refractivity contribution in [2.24, 2.45) is 0 Å². The number of sulfonamides is 1. The number of nitrogens with zero attached hydrogens (tertiary/aromatic N) is 2. The van der Waals surface area contributed by atoms with Gasteiger partial charge in [0.25, 0.3) is 5.91 Å². The Balaban J connectivity index is 1.23. The second kappa shape index (κ2) is 16.4. The van der Waals surface area contributed by atoms with E-state index in [1.807, 2.05) is 91.0 Å². The number of hydrogen-bond acceptors (Lipinski definition) is 6. The summed E-state index contributed by atoms with van der Waals surface area (Å²) in [5, 5.41) is 6.18. The summed E-state index contributed by atoms with van der Waals surface area (Å²) in [6.07, 6.45) is 4.68. The quantitative estimate of drug-likeness (QED) is 0.123. The van der Waals surface area contributed by atoms with Crippen molar-refractivity contribution in [1.29, 1.82) is 0 Å². The monoisotopic (exact) mass is 748 g/mol. The van der Waals surface area contributed by atoms with Crippen LogP contribution in [0.4, 0.5) is 10.5 Å². The van der Waals surface area contributed by atoms with Crippen LogP contribution in [-0.2, 0) is 36.3 Å². The number of rotatable bonds is 12. The number of amides is 3. The minimum absolute atomic E-state index is 0.0114. The van der Waals surface area contributed by atoms with Gasteiger partial charge in [0.05, 0.1) is 10.9 Å². The first-order valence-corrected chi connectivity index (χ1v) is 19.9. The second-order valence-electron chi connectivity index (χ2n) is 14.7. The van der Waals surface area contributed by atoms with Gasteiger partial charge in [-0.05, 0) is 80.8 Å². The lowest BCUT2D eigenvalue weighted by atomic mass is 9.77. The molecule has 11 heteroatoms. The van der Waals surface area contributed by atoms with Crippen LogP contribution in [0.3, 0.4) is 0 Å². The maximum Gasteiger partial charge on any atom is 0.408 e. The van der Waals surface area contributed by atoms with Gasteiger partial charge in [0.15, 0.2) is 0 Å². The molecule has 0 bridgehead atoms. The van der Waals surface area contributed by atoms with Gasteiger partial charge in [-0.15, -0.1) is 0 Å². The van der Waals surface area contributed by atoms with Crippen molar-refractivity contribution in [2.45, 2.75) is 75.0 Å². The van der Waals surface area contributed by atoms with Crippen molar-refractivity contribution in [3.05, 3.63) is 144 Å². The predicted octanol–water partition coefficient (Wildman–Crippen LogP) is 6.70. The van der Waals surface area contributed by atoms with Crippen molar-refractivity contribution in [3.8, 4) is 0 Å². The molecule has 2 N–H and O–H groups in total. The molecule has 10 nitrogen and oxygen atoms in total. The molecule has 3 amide bonds. The molecule has 2 aliphatic heterocycles. The lowest BCUT2D eigenvalue weighted by Crippen LogP contribution is -2.48. The molecule has 6 rings (SSSR count). The van der Waals surface area contributed by atoms with Crippen molar-refractivity contribution in [3.63, 3.8) is 0 Å². The molecule has 54 heavy (non-hydrogen) atoms. The van der Waals surface area contributed by atoms with E-state index >= 15 is 0 Å². The number of fused-ring (bicyclic) bond motifs is 1. The molecule has 4 aromatic carbocycles. The number of hydrogen-bond donors (Lipinski definition) is 2. The van der Waals surface area contributed by atoms with Crippen LogP contribution in [0.25, 0.3) is 0 Å². The fourth-order valence-electron chi connectivity index (χ4n) is 7.13. The first-order chi connectivity index (χ1) is 25.9. The SMILES string of the molecule is CC(C)(C)OC(=O)N[C@H](/C=C/C(=O)N1CCc2ccc(S(=O)(=O)N3CCCC3)cc21)CCC(=O)NC(c1ccccc1)(c1ccccc1)c1ccccc1. The van der Waals surface area contributed by atoms with Crippen molar-refractivity contribution in [1.82, 2.24) is 14.9 Å². The Hall–Kier alpha value is -5.26. The maximum atomic E-state index is 14.1. The summed E-state index contributed by atoms with van der Waals surface area (Å²) < 4.78 is 33.6. The summed E-state index contributed by atoms with van der Waals surface area (Å²) in [6.45, 7) is 6.63. The Labute approximate surface area is 318 Å². The van der Waals surface area contributed by atoms with E-state index in [4.69, 9.17) is 4.74 Å². The highest BCUT2D eigenvalue weighted by Gasteiger charge is 2.38. The van der Waals surface area contributed by atoms with Gasteiger partial charge in [-0.3, -0.25) is 9.59 Å². The Morgan fingerprint density at radius 2 is 1.35 bits per heavy atom. The highest BCUT2D eigenvalue weighted by atomic mass is 32.2. The summed E-state index contributed by atoms with van der Waals surface area (Å²) >= 11 is 0. The van der Waals surface area contributed by atoms with Gasteiger partial charge in [-0.25, -0.2) is 13.2 Å². The van der Waals surface area contributed by atoms with Gasteiger partial charge in [0.1, 0.15) is 11.1 Å². The lowest BCUT2D eigenvalue weighted by Gasteiger charge is -2.37. The molecule has 0 aliphatic carbocycles. The third-order valence-corrected chi connectivity index (χ3v) is 11.6. The lowest BCUT2D eigenvalue weighted by molar-refractivity contribution is -0.122. The summed E-state index contributed by atoms with van der Waals surface area (Å²) in [5.74, 6) is -0.622. The third kappa shape index (κ3) is 8.75. The highest BCUT2D eigenvalue weighted by molar-refractivity contribution is 7.89. The fraction of sp³-hybridized carbons (Fsp3) is 0.326. The standard InChI is InChI=1S/C43H48N4O6S/c1-42(2,3)53-41(50)44-36(23-26-40(49)47-30-27-32-21-24-37(31-38(32)47)54(51,52)46-28-13-14-29-46)22-25-39(48)45-43(33-15-7-4-8-16-33,34-17-9-5-10-18-34)35-19-11-6-12-20-35/h4-12,15-21,23-24,26,31,36H,13-14,22,25,27-30H2,1-3H3,(H,44,50)(H,45,48)/b26-23+/t36-/m0/s1. The van der Waals surface area contributed by atoms with Crippen LogP contribution in [0.1, 0.15) is 68.7 Å². The van der Waals surface area contributed by atoms with E-state index < -0.39 is 33.3 Å². The zero-order valence-corrected chi connectivity index (χ0v) is 31.8. The van der Waals surface area contributed by atoms with Crippen molar-refractivity contribution < 1.29 is 27.5 Å². The van der Waals surface area contributed by atoms with Gasteiger partial charge in [-0.2, -0.15) is 4.31 Å². The van der Waals surface area contributed by atoms with Gasteiger partial charge in [0, 0.05) is 37.8 Å². The zero-order chi connectivity index (χ0) is 38.3. The molecular formula is C43H48N4O6S. The first kappa shape index (κ1) is 38.5. The van der Waals surface area contributed by atoms with Gasteiger partial charge >= 0.3 is 6.09 Å². The first-order valence-electron chi connectivity index (χ1n) is 18.5. The van der Waals surface area contributed by atoms with Crippen LogP contribution in [0.15, 0.2) is 126 Å². The average Bonchev–Trinajstić information content (AvgIpc) is 3.87. The molecule has 1 atom stereocenters. The molecule has 0 saturated carbocycles. The van der Waals surface area contributed by atoms with E-state index in [0.29, 0.717) is 31.7 Å². The third-order valence-electron chi connectivity index (χ3n) is 9.72. The van der Waals surface area contributed by atoms with Gasteiger partial charge in [0.2, 0.25) is 15.9 Å². The Bertz CT molecular complexity index is 1980. The number of nitrogens with one attached hydrogen (secondary N) is 2. The molecule has 0 radical (unpaired) electrons. The largest absolute Gasteiger partial charge is 0.444 e. The average molecular weight is 749 g/mol. The summed E-state index contributed by atoms with van der Waals surface area (Å²) in [7, 11) is -3.67. The van der Waals surface area contributed by atoms with Gasteiger partial charge in [-0.1, -0.05) is 103 Å². The van der Waals surface area contributed by atoms with Crippen LogP contribution in [0, 0.1) is 0 Å². The molecule has 2 heterocycles. The number of alkyl carbamates (subject to hydrolysis) is 1. The minimum Gasteiger partial charge on any atom is -0.444 e. The van der Waals surface area contributed by atoms with E-state index in [1.165, 1.54) is 10.4 Å². The smallest absolute Gasteiger partial charge is 0.408 e. The molecule has 4 aromatic rings. The van der Waals surface area contributed by atoms with E-state index in [9.17, 15) is 22.8 Å². The number of ether oxygens (including phenoxy) is 1. The van der Waals surface area contributed by atoms with Crippen LogP contribution >= 0.6 is 0 Å². The topological polar surface area (TPSA) is 125 Å². The Morgan fingerprint density at radius 3 is 1.89 bits per heavy atom. The molecule has 0 aromatic heterocycles. The van der Waals surface area contributed by atoms with Crippen molar-refractivity contribution >= 4 is 33.6 Å². The molecular weight excluding hydrogens is 701 g/mol. The molecule has 0 spiro atoms. The highest BCUT2D eigenvalue weighted by Crippen LogP contribution is 2.37. The van der Waals surface area contributed by atoms with Crippen LogP contribution < -0.4 is 15.5 Å². The Kier molecular flexibility index (Phi) is 11.7. The van der Waals surface area contributed by atoms with E-state index in [-0.39, 0.29) is 29.6 Å². The van der Waals surface area contributed by atoms with Gasteiger partial charge < -0.3 is 20.3 Å². The summed E-state index contributed by atoms with van der Waals surface area (Å²) in [5.41, 5.74) is 2.31. The van der Waals surface area contributed by atoms with Crippen molar-refractivity contribution in [2.75, 3.05) is 24.5 Å². The normalized spacial score (nSPS) is 15.5. The van der Waals surface area contributed by atoms with E-state index in [2.05, 4.69) is 10.6 Å².